The zero-order valence-corrected chi connectivity index (χ0v) is 10.8. The highest BCUT2D eigenvalue weighted by molar-refractivity contribution is 5.90. The molecule has 0 bridgehead atoms. The van der Waals surface area contributed by atoms with Crippen LogP contribution in [0.5, 0.6) is 5.88 Å². The van der Waals surface area contributed by atoms with Crippen molar-refractivity contribution < 1.29 is 17.9 Å². The predicted molar refractivity (Wildman–Crippen MR) is 69.2 cm³/mol. The monoisotopic (exact) mass is 293 g/mol. The molecule has 0 radical (unpaired) electrons. The van der Waals surface area contributed by atoms with Gasteiger partial charge in [0.25, 0.3) is 0 Å². The molecular weight excluding hydrogens is 284 g/mol. The molecule has 0 aliphatic carbocycles. The maximum absolute atomic E-state index is 12.1. The van der Waals surface area contributed by atoms with Crippen molar-refractivity contribution in [3.8, 4) is 17.1 Å². The minimum Gasteiger partial charge on any atom is -0.415 e. The van der Waals surface area contributed by atoms with Gasteiger partial charge in [-0.25, -0.2) is 14.8 Å². The molecule has 1 N–H and O–H groups in total. The fourth-order valence-corrected chi connectivity index (χ4v) is 1.97. The van der Waals surface area contributed by atoms with Gasteiger partial charge < -0.3 is 9.15 Å². The number of hydrogen-bond acceptors (Lipinski definition) is 5. The van der Waals surface area contributed by atoms with Crippen LogP contribution in [0.4, 0.5) is 8.78 Å². The van der Waals surface area contributed by atoms with Crippen LogP contribution in [0, 0.1) is 6.92 Å². The molecule has 0 spiro atoms. The van der Waals surface area contributed by atoms with E-state index in [4.69, 9.17) is 4.42 Å². The maximum atomic E-state index is 12.1. The summed E-state index contributed by atoms with van der Waals surface area (Å²) in [4.78, 5) is 21.6. The van der Waals surface area contributed by atoms with Crippen molar-refractivity contribution in [1.29, 1.82) is 0 Å². The third-order valence-corrected chi connectivity index (χ3v) is 2.90. The summed E-state index contributed by atoms with van der Waals surface area (Å²) < 4.78 is 33.3. The molecule has 0 atom stereocenters. The molecular formula is C13H9F2N3O3. The summed E-state index contributed by atoms with van der Waals surface area (Å²) in [6.07, 6.45) is 2.35. The van der Waals surface area contributed by atoms with Crippen LogP contribution in [-0.4, -0.2) is 21.6 Å². The Bertz CT molecular complexity index is 840. The third-order valence-electron chi connectivity index (χ3n) is 2.90. The van der Waals surface area contributed by atoms with E-state index in [1.807, 2.05) is 6.92 Å². The largest absolute Gasteiger partial charge is 0.417 e. The number of halogens is 2. The molecule has 21 heavy (non-hydrogen) atoms. The molecule has 0 unspecified atom stereocenters. The van der Waals surface area contributed by atoms with Gasteiger partial charge in [0, 0.05) is 5.56 Å². The number of rotatable bonds is 3. The number of aromatic amines is 1. The summed E-state index contributed by atoms with van der Waals surface area (Å²) in [5.41, 5.74) is 2.66. The molecule has 0 fully saturated rings. The lowest BCUT2D eigenvalue weighted by Crippen LogP contribution is -2.04. The summed E-state index contributed by atoms with van der Waals surface area (Å²) in [6, 6.07) is 3.50. The highest BCUT2D eigenvalue weighted by Gasteiger charge is 2.13. The number of aryl methyl sites for hydroxylation is 1. The van der Waals surface area contributed by atoms with Crippen molar-refractivity contribution >= 4 is 11.1 Å². The molecule has 8 heteroatoms. The first-order chi connectivity index (χ1) is 10.0. The minimum absolute atomic E-state index is 0.285. The number of hydrogen-bond donors (Lipinski definition) is 1. The Morgan fingerprint density at radius 2 is 2.10 bits per heavy atom. The van der Waals surface area contributed by atoms with Crippen molar-refractivity contribution in [2.24, 2.45) is 0 Å². The van der Waals surface area contributed by atoms with Crippen molar-refractivity contribution in [1.82, 2.24) is 15.0 Å². The Hall–Kier alpha value is -2.77. The summed E-state index contributed by atoms with van der Waals surface area (Å²) >= 11 is 0. The van der Waals surface area contributed by atoms with E-state index >= 15 is 0 Å². The first kappa shape index (κ1) is 13.2. The van der Waals surface area contributed by atoms with E-state index < -0.39 is 12.4 Å². The standard InChI is InChI=1S/C13H9F2N3O3/c1-6-2-3-7(11-10(6)18-13(19)21-11)8-4-17-9(5-16-8)20-12(14)15/h2-5,12H,1H3,(H,18,19). The topological polar surface area (TPSA) is 81.0 Å². The number of fused-ring (bicyclic) bond motifs is 1. The van der Waals surface area contributed by atoms with E-state index in [-0.39, 0.29) is 5.88 Å². The average Bonchev–Trinajstić information content (AvgIpc) is 2.82. The number of oxazole rings is 1. The lowest BCUT2D eigenvalue weighted by Gasteiger charge is -2.05. The average molecular weight is 293 g/mol. The second-order valence-corrected chi connectivity index (χ2v) is 4.27. The molecule has 0 aliphatic rings. The number of nitrogens with zero attached hydrogens (tertiary/aromatic N) is 2. The second kappa shape index (κ2) is 4.97. The van der Waals surface area contributed by atoms with Gasteiger partial charge in [-0.3, -0.25) is 4.98 Å². The maximum Gasteiger partial charge on any atom is 0.417 e. The number of aromatic nitrogens is 3. The summed E-state index contributed by atoms with van der Waals surface area (Å²) in [5.74, 6) is -0.862. The predicted octanol–water partition coefficient (Wildman–Crippen LogP) is 2.49. The van der Waals surface area contributed by atoms with Crippen LogP contribution in [0.1, 0.15) is 5.56 Å². The van der Waals surface area contributed by atoms with Gasteiger partial charge in [-0.1, -0.05) is 6.07 Å². The van der Waals surface area contributed by atoms with Crippen molar-refractivity contribution in [2.75, 3.05) is 0 Å². The molecule has 0 aliphatic heterocycles. The van der Waals surface area contributed by atoms with Gasteiger partial charge in [-0.2, -0.15) is 8.78 Å². The molecule has 0 saturated carbocycles. The molecule has 6 nitrogen and oxygen atoms in total. The molecule has 3 aromatic rings. The van der Waals surface area contributed by atoms with E-state index in [1.165, 1.54) is 6.20 Å². The molecule has 0 amide bonds. The Morgan fingerprint density at radius 1 is 1.29 bits per heavy atom. The van der Waals surface area contributed by atoms with Crippen LogP contribution < -0.4 is 10.5 Å². The van der Waals surface area contributed by atoms with Gasteiger partial charge in [0.05, 0.1) is 23.6 Å². The fourth-order valence-electron chi connectivity index (χ4n) is 1.97. The molecule has 1 aromatic carbocycles. The van der Waals surface area contributed by atoms with E-state index in [0.29, 0.717) is 22.4 Å². The van der Waals surface area contributed by atoms with E-state index in [9.17, 15) is 13.6 Å². The fraction of sp³-hybridized carbons (Fsp3) is 0.154. The Kier molecular flexibility index (Phi) is 3.13. The molecule has 2 aromatic heterocycles. The zero-order valence-electron chi connectivity index (χ0n) is 10.8. The third kappa shape index (κ3) is 2.47. The number of alkyl halides is 2. The molecule has 108 valence electrons. The van der Waals surface area contributed by atoms with Crippen molar-refractivity contribution in [3.05, 3.63) is 40.6 Å². The quantitative estimate of drug-likeness (QED) is 0.802. The van der Waals surface area contributed by atoms with E-state index in [1.54, 1.807) is 12.1 Å². The van der Waals surface area contributed by atoms with Crippen LogP contribution >= 0.6 is 0 Å². The lowest BCUT2D eigenvalue weighted by molar-refractivity contribution is -0.0530. The zero-order chi connectivity index (χ0) is 15.0. The number of ether oxygens (including phenoxy) is 1. The van der Waals surface area contributed by atoms with Gasteiger partial charge in [0.15, 0.2) is 5.58 Å². The van der Waals surface area contributed by atoms with Gasteiger partial charge in [-0.15, -0.1) is 0 Å². The summed E-state index contributed by atoms with van der Waals surface area (Å²) in [6.45, 7) is -1.14. The smallest absolute Gasteiger partial charge is 0.415 e. The van der Waals surface area contributed by atoms with Crippen LogP contribution in [-0.2, 0) is 0 Å². The van der Waals surface area contributed by atoms with Crippen LogP contribution in [0.15, 0.2) is 33.7 Å². The molecule has 0 saturated heterocycles. The van der Waals surface area contributed by atoms with Crippen LogP contribution in [0.2, 0.25) is 0 Å². The second-order valence-electron chi connectivity index (χ2n) is 4.27. The SMILES string of the molecule is Cc1ccc(-c2cnc(OC(F)F)cn2)c2oc(=O)[nH]c12. The lowest BCUT2D eigenvalue weighted by atomic mass is 10.1. The van der Waals surface area contributed by atoms with Gasteiger partial charge in [-0.05, 0) is 18.6 Å². The van der Waals surface area contributed by atoms with Crippen molar-refractivity contribution in [2.45, 2.75) is 13.5 Å². The van der Waals surface area contributed by atoms with E-state index in [2.05, 4.69) is 19.7 Å². The van der Waals surface area contributed by atoms with Gasteiger partial charge >= 0.3 is 12.4 Å². The summed E-state index contributed by atoms with van der Waals surface area (Å²) in [5, 5.41) is 0. The minimum atomic E-state index is -2.96. The highest BCUT2D eigenvalue weighted by Crippen LogP contribution is 2.27. The van der Waals surface area contributed by atoms with Crippen molar-refractivity contribution in [3.63, 3.8) is 0 Å². The number of nitrogens with one attached hydrogen (secondary N) is 1. The van der Waals surface area contributed by atoms with E-state index in [0.717, 1.165) is 11.8 Å². The number of H-pyrrole nitrogens is 1. The van der Waals surface area contributed by atoms with Gasteiger partial charge in [0.1, 0.15) is 0 Å². The normalized spacial score (nSPS) is 11.2. The first-order valence-corrected chi connectivity index (χ1v) is 5.94. The Labute approximate surface area is 116 Å². The number of benzene rings is 1. The van der Waals surface area contributed by atoms with Gasteiger partial charge in [0.2, 0.25) is 5.88 Å². The molecule has 3 rings (SSSR count). The Morgan fingerprint density at radius 3 is 2.76 bits per heavy atom. The van der Waals surface area contributed by atoms with Crippen LogP contribution in [0.3, 0.4) is 0 Å². The highest BCUT2D eigenvalue weighted by atomic mass is 19.3. The molecule has 2 heterocycles. The van der Waals surface area contributed by atoms with Crippen LogP contribution in [0.25, 0.3) is 22.4 Å². The Balaban J connectivity index is 2.08. The first-order valence-electron chi connectivity index (χ1n) is 5.94. The summed E-state index contributed by atoms with van der Waals surface area (Å²) in [7, 11) is 0.